The maximum Gasteiger partial charge on any atom is 0.0664 e. The Kier molecular flexibility index (Phi) is 2.48. The zero-order valence-corrected chi connectivity index (χ0v) is 8.88. The number of nitrogens with two attached hydrogens (primary N) is 1. The highest BCUT2D eigenvalue weighted by Gasteiger charge is 2.07. The van der Waals surface area contributed by atoms with Crippen LogP contribution < -0.4 is 5.73 Å². The molecule has 0 aliphatic carbocycles. The highest BCUT2D eigenvalue weighted by molar-refractivity contribution is 6.35. The Morgan fingerprint density at radius 3 is 2.93 bits per heavy atom. The number of hydrogen-bond donors (Lipinski definition) is 1. The lowest BCUT2D eigenvalue weighted by atomic mass is 10.1. The summed E-state index contributed by atoms with van der Waals surface area (Å²) >= 11 is 6.16. The van der Waals surface area contributed by atoms with Gasteiger partial charge in [0.25, 0.3) is 0 Å². The Labute approximate surface area is 88.3 Å². The molecule has 1 aromatic carbocycles. The first-order chi connectivity index (χ1) is 6.74. The van der Waals surface area contributed by atoms with E-state index in [0.29, 0.717) is 6.54 Å². The third-order valence-corrected chi connectivity index (χ3v) is 2.75. The largest absolute Gasteiger partial charge is 0.349 e. The van der Waals surface area contributed by atoms with Crippen molar-refractivity contribution in [1.29, 1.82) is 0 Å². The van der Waals surface area contributed by atoms with Crippen molar-refractivity contribution < 1.29 is 0 Å². The molecule has 0 aliphatic heterocycles. The molecule has 0 atom stereocenters. The average molecular weight is 209 g/mol. The SMILES string of the molecule is Cn1cc(Cl)c2c(CCN)cccc21. The first-order valence-electron chi connectivity index (χ1n) is 4.66. The molecular weight excluding hydrogens is 196 g/mol. The van der Waals surface area contributed by atoms with Crippen LogP contribution in [-0.4, -0.2) is 11.1 Å². The lowest BCUT2D eigenvalue weighted by Crippen LogP contribution is -2.02. The summed E-state index contributed by atoms with van der Waals surface area (Å²) in [6.45, 7) is 0.657. The molecule has 2 nitrogen and oxygen atoms in total. The number of fused-ring (bicyclic) bond motifs is 1. The van der Waals surface area contributed by atoms with E-state index in [2.05, 4.69) is 12.1 Å². The van der Waals surface area contributed by atoms with Gasteiger partial charge in [0.2, 0.25) is 0 Å². The molecule has 0 amide bonds. The molecule has 0 saturated carbocycles. The minimum Gasteiger partial charge on any atom is -0.349 e. The van der Waals surface area contributed by atoms with E-state index in [1.165, 1.54) is 11.1 Å². The van der Waals surface area contributed by atoms with Crippen LogP contribution in [0, 0.1) is 0 Å². The number of aryl methyl sites for hydroxylation is 1. The van der Waals surface area contributed by atoms with Gasteiger partial charge in [-0.05, 0) is 24.6 Å². The molecule has 0 fully saturated rings. The van der Waals surface area contributed by atoms with E-state index in [4.69, 9.17) is 17.3 Å². The van der Waals surface area contributed by atoms with E-state index in [-0.39, 0.29) is 0 Å². The van der Waals surface area contributed by atoms with Crippen LogP contribution >= 0.6 is 11.6 Å². The van der Waals surface area contributed by atoms with E-state index in [1.54, 1.807) is 0 Å². The number of hydrogen-bond acceptors (Lipinski definition) is 1. The van der Waals surface area contributed by atoms with Gasteiger partial charge in [0.1, 0.15) is 0 Å². The summed E-state index contributed by atoms with van der Waals surface area (Å²) < 4.78 is 2.04. The summed E-state index contributed by atoms with van der Waals surface area (Å²) in [7, 11) is 2.00. The van der Waals surface area contributed by atoms with Gasteiger partial charge in [0.05, 0.1) is 5.02 Å². The quantitative estimate of drug-likeness (QED) is 0.807. The lowest BCUT2D eigenvalue weighted by Gasteiger charge is -2.02. The number of benzene rings is 1. The predicted octanol–water partition coefficient (Wildman–Crippen LogP) is 2.33. The van der Waals surface area contributed by atoms with Crippen LogP contribution in [-0.2, 0) is 13.5 Å². The summed E-state index contributed by atoms with van der Waals surface area (Å²) in [5.74, 6) is 0. The summed E-state index contributed by atoms with van der Waals surface area (Å²) in [5.41, 5.74) is 7.96. The topological polar surface area (TPSA) is 30.9 Å². The molecule has 0 saturated heterocycles. The molecule has 0 spiro atoms. The van der Waals surface area contributed by atoms with E-state index >= 15 is 0 Å². The molecule has 1 aromatic heterocycles. The van der Waals surface area contributed by atoms with Gasteiger partial charge in [0.15, 0.2) is 0 Å². The predicted molar refractivity (Wildman–Crippen MR) is 60.7 cm³/mol. The third-order valence-electron chi connectivity index (χ3n) is 2.47. The second-order valence-electron chi connectivity index (χ2n) is 3.44. The smallest absolute Gasteiger partial charge is 0.0664 e. The van der Waals surface area contributed by atoms with Crippen molar-refractivity contribution in [3.8, 4) is 0 Å². The van der Waals surface area contributed by atoms with Crippen molar-refractivity contribution >= 4 is 22.5 Å². The standard InChI is InChI=1S/C11H13ClN2/c1-14-7-9(12)11-8(5-6-13)3-2-4-10(11)14/h2-4,7H,5-6,13H2,1H3. The second kappa shape index (κ2) is 3.64. The van der Waals surface area contributed by atoms with E-state index in [0.717, 1.165) is 16.8 Å². The second-order valence-corrected chi connectivity index (χ2v) is 3.85. The summed E-state index contributed by atoms with van der Waals surface area (Å²) in [6.07, 6.45) is 2.81. The molecular formula is C11H13ClN2. The maximum atomic E-state index is 6.16. The zero-order valence-electron chi connectivity index (χ0n) is 8.13. The number of halogens is 1. The molecule has 0 radical (unpaired) electrons. The molecule has 2 N–H and O–H groups in total. The minimum absolute atomic E-state index is 0.657. The monoisotopic (exact) mass is 208 g/mol. The van der Waals surface area contributed by atoms with Gasteiger partial charge in [-0.3, -0.25) is 0 Å². The Hall–Kier alpha value is -0.990. The molecule has 3 heteroatoms. The van der Waals surface area contributed by atoms with Crippen LogP contribution in [0.3, 0.4) is 0 Å². The van der Waals surface area contributed by atoms with Crippen LogP contribution in [0.2, 0.25) is 5.02 Å². The van der Waals surface area contributed by atoms with Crippen LogP contribution in [0.25, 0.3) is 10.9 Å². The van der Waals surface area contributed by atoms with Gasteiger partial charge >= 0.3 is 0 Å². The van der Waals surface area contributed by atoms with E-state index in [9.17, 15) is 0 Å². The van der Waals surface area contributed by atoms with Crippen molar-refractivity contribution in [2.75, 3.05) is 6.54 Å². The fraction of sp³-hybridized carbons (Fsp3) is 0.273. The van der Waals surface area contributed by atoms with Crippen molar-refractivity contribution in [3.05, 3.63) is 35.0 Å². The van der Waals surface area contributed by atoms with Crippen LogP contribution in [0.15, 0.2) is 24.4 Å². The molecule has 2 aromatic rings. The van der Waals surface area contributed by atoms with Gasteiger partial charge in [0, 0.05) is 24.1 Å². The number of aromatic nitrogens is 1. The van der Waals surface area contributed by atoms with Gasteiger partial charge in [-0.1, -0.05) is 23.7 Å². The first-order valence-corrected chi connectivity index (χ1v) is 5.04. The van der Waals surface area contributed by atoms with Gasteiger partial charge in [-0.25, -0.2) is 0 Å². The highest BCUT2D eigenvalue weighted by Crippen LogP contribution is 2.28. The van der Waals surface area contributed by atoms with Gasteiger partial charge in [-0.15, -0.1) is 0 Å². The summed E-state index contributed by atoms with van der Waals surface area (Å²) in [4.78, 5) is 0. The molecule has 2 rings (SSSR count). The Morgan fingerprint density at radius 2 is 2.21 bits per heavy atom. The average Bonchev–Trinajstić information content (AvgIpc) is 2.44. The lowest BCUT2D eigenvalue weighted by molar-refractivity contribution is 0.963. The number of nitrogens with zero attached hydrogens (tertiary/aromatic N) is 1. The van der Waals surface area contributed by atoms with Crippen molar-refractivity contribution in [3.63, 3.8) is 0 Å². The van der Waals surface area contributed by atoms with Crippen molar-refractivity contribution in [2.24, 2.45) is 12.8 Å². The van der Waals surface area contributed by atoms with Gasteiger partial charge < -0.3 is 10.3 Å². The molecule has 0 unspecified atom stereocenters. The van der Waals surface area contributed by atoms with Crippen LogP contribution in [0.1, 0.15) is 5.56 Å². The Balaban J connectivity index is 2.72. The van der Waals surface area contributed by atoms with Crippen LogP contribution in [0.5, 0.6) is 0 Å². The normalized spacial score (nSPS) is 11.1. The van der Waals surface area contributed by atoms with E-state index < -0.39 is 0 Å². The molecule has 14 heavy (non-hydrogen) atoms. The highest BCUT2D eigenvalue weighted by atomic mass is 35.5. The van der Waals surface area contributed by atoms with E-state index in [1.807, 2.05) is 23.9 Å². The van der Waals surface area contributed by atoms with Crippen molar-refractivity contribution in [2.45, 2.75) is 6.42 Å². The molecule has 0 bridgehead atoms. The maximum absolute atomic E-state index is 6.16. The number of rotatable bonds is 2. The first kappa shape index (κ1) is 9.56. The minimum atomic E-state index is 0.657. The fourth-order valence-corrected chi connectivity index (χ4v) is 2.19. The molecule has 0 aliphatic rings. The summed E-state index contributed by atoms with van der Waals surface area (Å²) in [6, 6.07) is 6.20. The summed E-state index contributed by atoms with van der Waals surface area (Å²) in [5, 5.41) is 1.95. The fourth-order valence-electron chi connectivity index (χ4n) is 1.82. The van der Waals surface area contributed by atoms with Gasteiger partial charge in [-0.2, -0.15) is 0 Å². The molecule has 74 valence electrons. The Bertz CT molecular complexity index is 460. The van der Waals surface area contributed by atoms with Crippen LogP contribution in [0.4, 0.5) is 0 Å². The zero-order chi connectivity index (χ0) is 10.1. The Morgan fingerprint density at radius 1 is 1.43 bits per heavy atom. The van der Waals surface area contributed by atoms with Crippen molar-refractivity contribution in [1.82, 2.24) is 4.57 Å². The molecule has 1 heterocycles. The third kappa shape index (κ3) is 1.41.